The van der Waals surface area contributed by atoms with Crippen molar-refractivity contribution in [1.29, 1.82) is 0 Å². The predicted octanol–water partition coefficient (Wildman–Crippen LogP) is 3.01. The Morgan fingerprint density at radius 2 is 1.78 bits per heavy atom. The molecule has 8 nitrogen and oxygen atoms in total. The van der Waals surface area contributed by atoms with Crippen LogP contribution in [0.25, 0.3) is 0 Å². The molecule has 1 aromatic heterocycles. The molecule has 32 heavy (non-hydrogen) atoms. The van der Waals surface area contributed by atoms with Crippen molar-refractivity contribution in [3.8, 4) is 5.75 Å². The van der Waals surface area contributed by atoms with Gasteiger partial charge in [-0.05, 0) is 56.7 Å². The molecule has 0 atom stereocenters. The lowest BCUT2D eigenvalue weighted by Crippen LogP contribution is -2.41. The largest absolute Gasteiger partial charge is 0.486 e. The Morgan fingerprint density at radius 1 is 1.09 bits per heavy atom. The lowest BCUT2D eigenvalue weighted by Gasteiger charge is -2.21. The van der Waals surface area contributed by atoms with Gasteiger partial charge < -0.3 is 14.6 Å². The number of carbonyl (C=O) groups is 1. The predicted molar refractivity (Wildman–Crippen MR) is 122 cm³/mol. The van der Waals surface area contributed by atoms with Crippen molar-refractivity contribution in [1.82, 2.24) is 19.6 Å². The first-order chi connectivity index (χ1) is 15.0. The van der Waals surface area contributed by atoms with E-state index in [0.717, 1.165) is 5.82 Å². The van der Waals surface area contributed by atoms with E-state index in [0.29, 0.717) is 23.5 Å². The molecule has 1 amide bonds. The minimum absolute atomic E-state index is 0.0808. The number of nitrogens with zero attached hydrogens (tertiary/aromatic N) is 2. The average Bonchev–Trinajstić information content (AvgIpc) is 3.14. The summed E-state index contributed by atoms with van der Waals surface area (Å²) in [5.74, 6) is 1.10. The summed E-state index contributed by atoms with van der Waals surface area (Å²) >= 11 is 0. The first-order valence-corrected chi connectivity index (χ1v) is 11.6. The Balaban J connectivity index is 1.63. The monoisotopic (exact) mass is 456 g/mol. The van der Waals surface area contributed by atoms with Gasteiger partial charge in [-0.25, -0.2) is 18.1 Å². The number of sulfonamides is 1. The van der Waals surface area contributed by atoms with E-state index >= 15 is 0 Å². The number of benzene rings is 2. The van der Waals surface area contributed by atoms with Crippen LogP contribution in [0.2, 0.25) is 0 Å². The van der Waals surface area contributed by atoms with Gasteiger partial charge in [0.15, 0.2) is 0 Å². The molecular weight excluding hydrogens is 428 g/mol. The molecule has 0 aliphatic rings. The summed E-state index contributed by atoms with van der Waals surface area (Å²) in [5.41, 5.74) is 0.338. The zero-order valence-electron chi connectivity index (χ0n) is 18.6. The van der Waals surface area contributed by atoms with Crippen LogP contribution in [0, 0.1) is 0 Å². The molecule has 3 aromatic rings. The highest BCUT2D eigenvalue weighted by molar-refractivity contribution is 7.89. The molecule has 0 saturated heterocycles. The Kier molecular flexibility index (Phi) is 7.00. The summed E-state index contributed by atoms with van der Waals surface area (Å²) in [4.78, 5) is 16.9. The van der Waals surface area contributed by atoms with Gasteiger partial charge in [0.05, 0.1) is 4.90 Å². The topological polar surface area (TPSA) is 102 Å². The molecule has 0 aliphatic heterocycles. The zero-order valence-corrected chi connectivity index (χ0v) is 19.4. The molecular formula is C23H28N4O4S. The van der Waals surface area contributed by atoms with E-state index in [9.17, 15) is 13.2 Å². The highest BCUT2D eigenvalue weighted by Gasteiger charge is 2.24. The van der Waals surface area contributed by atoms with E-state index in [-0.39, 0.29) is 17.3 Å². The fraction of sp³-hybridized carbons (Fsp3) is 0.304. The third kappa shape index (κ3) is 6.18. The number of rotatable bonds is 8. The number of amides is 1. The summed E-state index contributed by atoms with van der Waals surface area (Å²) in [6.45, 7) is 5.73. The van der Waals surface area contributed by atoms with Gasteiger partial charge in [-0.15, -0.1) is 0 Å². The lowest BCUT2D eigenvalue weighted by molar-refractivity contribution is 0.0950. The molecule has 9 heteroatoms. The van der Waals surface area contributed by atoms with Crippen molar-refractivity contribution < 1.29 is 17.9 Å². The van der Waals surface area contributed by atoms with Gasteiger partial charge in [-0.2, -0.15) is 0 Å². The normalized spacial score (nSPS) is 11.9. The van der Waals surface area contributed by atoms with Gasteiger partial charge in [0.25, 0.3) is 5.91 Å². The van der Waals surface area contributed by atoms with Gasteiger partial charge in [-0.3, -0.25) is 4.79 Å². The van der Waals surface area contributed by atoms with Crippen LogP contribution in [-0.2, 0) is 30.2 Å². The van der Waals surface area contributed by atoms with Crippen LogP contribution in [-0.4, -0.2) is 29.4 Å². The summed E-state index contributed by atoms with van der Waals surface area (Å²) in [6, 6.07) is 13.4. The fourth-order valence-electron chi connectivity index (χ4n) is 3.03. The van der Waals surface area contributed by atoms with Crippen molar-refractivity contribution in [3.05, 3.63) is 77.9 Å². The smallest absolute Gasteiger partial charge is 0.251 e. The minimum Gasteiger partial charge on any atom is -0.486 e. The second-order valence-electron chi connectivity index (χ2n) is 8.41. The van der Waals surface area contributed by atoms with Crippen LogP contribution in [0.3, 0.4) is 0 Å². The molecule has 0 bridgehead atoms. The number of ether oxygens (including phenoxy) is 1. The van der Waals surface area contributed by atoms with Crippen molar-refractivity contribution in [3.63, 3.8) is 0 Å². The SMILES string of the molecule is Cn1ccnc1COc1ccc(C(=O)NCc2ccccc2S(=O)(=O)NC(C)(C)C)cc1. The number of imidazole rings is 1. The number of hydrogen-bond acceptors (Lipinski definition) is 5. The second kappa shape index (κ2) is 9.54. The molecule has 0 unspecified atom stereocenters. The Morgan fingerprint density at radius 3 is 2.41 bits per heavy atom. The van der Waals surface area contributed by atoms with Gasteiger partial charge in [0.2, 0.25) is 10.0 Å². The second-order valence-corrected chi connectivity index (χ2v) is 10.1. The van der Waals surface area contributed by atoms with E-state index in [2.05, 4.69) is 15.0 Å². The first-order valence-electron chi connectivity index (χ1n) is 10.1. The molecule has 1 heterocycles. The highest BCUT2D eigenvalue weighted by Crippen LogP contribution is 2.18. The first kappa shape index (κ1) is 23.5. The number of aryl methyl sites for hydroxylation is 1. The molecule has 0 radical (unpaired) electrons. The van der Waals surface area contributed by atoms with E-state index in [1.165, 1.54) is 6.07 Å². The van der Waals surface area contributed by atoms with E-state index in [4.69, 9.17) is 4.74 Å². The Labute approximate surface area is 188 Å². The number of hydrogen-bond donors (Lipinski definition) is 2. The molecule has 2 aromatic carbocycles. The van der Waals surface area contributed by atoms with Gasteiger partial charge in [0, 0.05) is 37.1 Å². The van der Waals surface area contributed by atoms with E-state index in [1.54, 1.807) is 69.4 Å². The molecule has 0 saturated carbocycles. The van der Waals surface area contributed by atoms with E-state index in [1.807, 2.05) is 17.8 Å². The number of nitrogens with one attached hydrogen (secondary N) is 2. The minimum atomic E-state index is -3.72. The van der Waals surface area contributed by atoms with Crippen LogP contribution in [0.5, 0.6) is 5.75 Å². The maximum atomic E-state index is 12.7. The van der Waals surface area contributed by atoms with Crippen molar-refractivity contribution >= 4 is 15.9 Å². The maximum absolute atomic E-state index is 12.7. The molecule has 170 valence electrons. The van der Waals surface area contributed by atoms with Crippen LogP contribution < -0.4 is 14.8 Å². The van der Waals surface area contributed by atoms with Crippen molar-refractivity contribution in [2.45, 2.75) is 44.4 Å². The lowest BCUT2D eigenvalue weighted by atomic mass is 10.1. The molecule has 3 rings (SSSR count). The van der Waals surface area contributed by atoms with Crippen molar-refractivity contribution in [2.75, 3.05) is 0 Å². The van der Waals surface area contributed by atoms with Crippen LogP contribution in [0.4, 0.5) is 0 Å². The molecule has 0 fully saturated rings. The summed E-state index contributed by atoms with van der Waals surface area (Å²) in [7, 11) is -1.83. The van der Waals surface area contributed by atoms with Gasteiger partial charge in [0.1, 0.15) is 18.2 Å². The van der Waals surface area contributed by atoms with Gasteiger partial charge >= 0.3 is 0 Å². The van der Waals surface area contributed by atoms with Crippen LogP contribution in [0.1, 0.15) is 42.5 Å². The average molecular weight is 457 g/mol. The standard InChI is InChI=1S/C23H28N4O4S/c1-23(2,3)26-32(29,30)20-8-6-5-7-18(20)15-25-22(28)17-9-11-19(12-10-17)31-16-21-24-13-14-27(21)4/h5-14,26H,15-16H2,1-4H3,(H,25,28). The number of aromatic nitrogens is 2. The fourth-order valence-corrected chi connectivity index (χ4v) is 4.69. The summed E-state index contributed by atoms with van der Waals surface area (Å²) < 4.78 is 35.7. The molecule has 0 aliphatic carbocycles. The Bertz CT molecular complexity index is 1180. The highest BCUT2D eigenvalue weighted by atomic mass is 32.2. The summed E-state index contributed by atoms with van der Waals surface area (Å²) in [6.07, 6.45) is 3.55. The number of carbonyl (C=O) groups excluding carboxylic acids is 1. The van der Waals surface area contributed by atoms with Crippen molar-refractivity contribution in [2.24, 2.45) is 7.05 Å². The third-order valence-electron chi connectivity index (χ3n) is 4.55. The zero-order chi connectivity index (χ0) is 23.4. The van der Waals surface area contributed by atoms with E-state index < -0.39 is 15.6 Å². The Hall–Kier alpha value is -3.17. The quantitative estimate of drug-likeness (QED) is 0.543. The third-order valence-corrected chi connectivity index (χ3v) is 6.41. The van der Waals surface area contributed by atoms with Crippen LogP contribution in [0.15, 0.2) is 65.8 Å². The van der Waals surface area contributed by atoms with Crippen LogP contribution >= 0.6 is 0 Å². The molecule has 0 spiro atoms. The maximum Gasteiger partial charge on any atom is 0.251 e. The molecule has 2 N–H and O–H groups in total. The van der Waals surface area contributed by atoms with Gasteiger partial charge in [-0.1, -0.05) is 18.2 Å². The summed E-state index contributed by atoms with van der Waals surface area (Å²) in [5, 5.41) is 2.79.